The summed E-state index contributed by atoms with van der Waals surface area (Å²) in [4.78, 5) is 36.0. The quantitative estimate of drug-likeness (QED) is 0.239. The zero-order valence-corrected chi connectivity index (χ0v) is 39.5. The van der Waals surface area contributed by atoms with E-state index in [4.69, 9.17) is 9.47 Å². The monoisotopic (exact) mass is 859 g/mol. The van der Waals surface area contributed by atoms with E-state index in [2.05, 4.69) is 42.6 Å². The lowest BCUT2D eigenvalue weighted by atomic mass is 9.44. The normalized spacial score (nSPS) is 46.5. The Kier molecular flexibility index (Phi) is 13.2. The number of hydrogen-bond donors (Lipinski definition) is 3. The maximum absolute atomic E-state index is 13.3. The molecule has 346 valence electrons. The molecular formula is C52H82N4O6. The second-order valence-corrected chi connectivity index (χ2v) is 23.5. The van der Waals surface area contributed by atoms with Crippen molar-refractivity contribution in [2.75, 3.05) is 27.4 Å². The van der Waals surface area contributed by atoms with Gasteiger partial charge in [-0.1, -0.05) is 27.7 Å². The highest BCUT2D eigenvalue weighted by molar-refractivity contribution is 5.82. The van der Waals surface area contributed by atoms with Crippen LogP contribution in [0.15, 0.2) is 37.4 Å². The Morgan fingerprint density at radius 2 is 1.16 bits per heavy atom. The number of ether oxygens (including phenoxy) is 2. The minimum atomic E-state index is -0.632. The smallest absolute Gasteiger partial charge is 0.156 e. The molecule has 8 aliphatic carbocycles. The van der Waals surface area contributed by atoms with Crippen molar-refractivity contribution in [3.05, 3.63) is 37.4 Å². The number of nitrogens with zero attached hydrogens (tertiary/aromatic N) is 3. The fourth-order valence-corrected chi connectivity index (χ4v) is 17.5. The predicted molar refractivity (Wildman–Crippen MR) is 241 cm³/mol. The van der Waals surface area contributed by atoms with E-state index in [1.54, 1.807) is 45.5 Å². The average molecular weight is 859 g/mol. The van der Waals surface area contributed by atoms with E-state index >= 15 is 0 Å². The van der Waals surface area contributed by atoms with Crippen LogP contribution in [0.1, 0.15) is 150 Å². The molecule has 16 atom stereocenters. The van der Waals surface area contributed by atoms with Crippen LogP contribution in [0.2, 0.25) is 0 Å². The van der Waals surface area contributed by atoms with Gasteiger partial charge in [0.25, 0.3) is 0 Å². The Morgan fingerprint density at radius 3 is 1.60 bits per heavy atom. The van der Waals surface area contributed by atoms with Crippen molar-refractivity contribution >= 4 is 11.6 Å². The third-order valence-corrected chi connectivity index (χ3v) is 20.7. The van der Waals surface area contributed by atoms with Crippen LogP contribution in [0.25, 0.3) is 0 Å². The van der Waals surface area contributed by atoms with Gasteiger partial charge in [0.1, 0.15) is 5.78 Å². The van der Waals surface area contributed by atoms with Crippen molar-refractivity contribution in [3.63, 3.8) is 0 Å². The molecule has 0 aliphatic heterocycles. The number of hydrogen-bond acceptors (Lipinski definition) is 8. The molecule has 10 heteroatoms. The molecule has 10 nitrogen and oxygen atoms in total. The lowest BCUT2D eigenvalue weighted by molar-refractivity contribution is -0.164. The number of aromatic nitrogens is 4. The molecule has 0 bridgehead atoms. The molecule has 0 aromatic carbocycles. The summed E-state index contributed by atoms with van der Waals surface area (Å²) in [5.41, 5.74) is -0.119. The maximum Gasteiger partial charge on any atom is 0.156 e. The zero-order valence-electron chi connectivity index (χ0n) is 39.5. The topological polar surface area (TPSA) is 140 Å². The van der Waals surface area contributed by atoms with Gasteiger partial charge < -0.3 is 29.2 Å². The highest BCUT2D eigenvalue weighted by atomic mass is 16.5. The molecule has 10 rings (SSSR count). The van der Waals surface area contributed by atoms with E-state index < -0.39 is 11.2 Å². The van der Waals surface area contributed by atoms with Gasteiger partial charge in [0.2, 0.25) is 0 Å². The fourth-order valence-electron chi connectivity index (χ4n) is 17.5. The van der Waals surface area contributed by atoms with E-state index in [1.807, 2.05) is 17.7 Å². The minimum absolute atomic E-state index is 0.160. The molecule has 0 radical (unpaired) electrons. The van der Waals surface area contributed by atoms with Gasteiger partial charge in [-0.15, -0.1) is 0 Å². The average Bonchev–Trinajstić information content (AvgIpc) is 4.07. The Labute approximate surface area is 372 Å². The number of methoxy groups -OCH3 is 2. The zero-order chi connectivity index (χ0) is 44.1. The van der Waals surface area contributed by atoms with Crippen LogP contribution < -0.4 is 0 Å². The van der Waals surface area contributed by atoms with Gasteiger partial charge in [0.05, 0.1) is 43.6 Å². The molecule has 62 heavy (non-hydrogen) atoms. The molecule has 8 aliphatic rings. The number of Topliss-reactive ketones (excluding diaryl/α,β-unsaturated/α-hetero) is 2. The summed E-state index contributed by atoms with van der Waals surface area (Å²) < 4.78 is 12.6. The molecule has 8 saturated carbocycles. The van der Waals surface area contributed by atoms with Crippen LogP contribution in [0.3, 0.4) is 0 Å². The molecule has 2 heterocycles. The van der Waals surface area contributed by atoms with Crippen LogP contribution in [0, 0.1) is 80.8 Å². The molecule has 0 unspecified atom stereocenters. The number of nitrogens with one attached hydrogen (secondary N) is 1. The Bertz CT molecular complexity index is 1800. The number of H-pyrrole nitrogens is 1. The first kappa shape index (κ1) is 46.1. The van der Waals surface area contributed by atoms with Gasteiger partial charge in [0.15, 0.2) is 5.78 Å². The summed E-state index contributed by atoms with van der Waals surface area (Å²) in [6.45, 7) is 13.2. The van der Waals surface area contributed by atoms with Crippen LogP contribution >= 0.6 is 0 Å². The molecule has 0 amide bonds. The number of rotatable bonds is 8. The molecule has 0 saturated heterocycles. The summed E-state index contributed by atoms with van der Waals surface area (Å²) in [7, 11) is 3.41. The summed E-state index contributed by atoms with van der Waals surface area (Å²) in [6.07, 6.45) is 31.0. The number of aliphatic hydroxyl groups is 2. The largest absolute Gasteiger partial charge is 0.387 e. The van der Waals surface area contributed by atoms with E-state index in [0.717, 1.165) is 81.0 Å². The van der Waals surface area contributed by atoms with E-state index in [9.17, 15) is 19.8 Å². The van der Waals surface area contributed by atoms with Gasteiger partial charge in [-0.3, -0.25) is 9.59 Å². The molecule has 3 N–H and O–H groups in total. The standard InChI is InChI=1S/C26H40N2O3.C23H38O3.C3H4N2/c1-24-10-11-26(30,16-31-3)14-18(24)4-5-19-20-6-7-22(25(20,2)9-8-21(19)24)23(29)15-28-13-12-27-17-28;1-15(24)18-7-8-19-17-6-5-16-13-23(25,14-26-4)12-11-21(16,2)20(17)9-10-22(18,19)3;1-2-5-3-4-1/h12-13,17-22,30H,4-11,14-16H2,1-3H3;16-20,25H,5-14H2,1-4H3;1-3H,(H,4,5)/t18-,19-,20-,21-,22+,24-,25-,26+;16-,17-,18+,19-,20-,21-,22+,23+;/m00./s1. The Morgan fingerprint density at radius 1 is 0.645 bits per heavy atom. The van der Waals surface area contributed by atoms with Gasteiger partial charge in [-0.25, -0.2) is 9.97 Å². The molecule has 2 aromatic rings. The van der Waals surface area contributed by atoms with Crippen molar-refractivity contribution in [3.8, 4) is 0 Å². The first-order valence-electron chi connectivity index (χ1n) is 24.9. The third-order valence-electron chi connectivity index (χ3n) is 20.7. The van der Waals surface area contributed by atoms with Gasteiger partial charge in [-0.2, -0.15) is 0 Å². The summed E-state index contributed by atoms with van der Waals surface area (Å²) in [6, 6.07) is 0. The Hall–Kier alpha value is -2.40. The van der Waals surface area contributed by atoms with Crippen molar-refractivity contribution in [1.82, 2.24) is 19.5 Å². The first-order valence-corrected chi connectivity index (χ1v) is 24.9. The number of aromatic amines is 1. The summed E-state index contributed by atoms with van der Waals surface area (Å²) >= 11 is 0. The van der Waals surface area contributed by atoms with E-state index in [1.165, 1.54) is 64.2 Å². The molecule has 0 spiro atoms. The lowest BCUT2D eigenvalue weighted by Crippen LogP contribution is -2.56. The third kappa shape index (κ3) is 8.25. The SMILES string of the molecule is COC[C@@]1(O)CC[C@@]2(C)[C@@H](CC[C@@H]3[C@@H]2CC[C@]2(C)[C@@H](C(=O)Cn4ccnc4)CC[C@@H]32)C1.COC[C@@]1(O)CC[C@@]2(C)[C@@H](CC[C@@H]3[C@@H]2CC[C@]2(C)[C@@H](C(C)=O)CC[C@@H]32)C1.c1c[nH]cn1. The first-order chi connectivity index (χ1) is 29.5. The number of carbonyl (C=O) groups is 2. The van der Waals surface area contributed by atoms with Crippen molar-refractivity contribution < 1.29 is 29.3 Å². The van der Waals surface area contributed by atoms with Crippen LogP contribution in [-0.2, 0) is 25.6 Å². The number of fused-ring (bicyclic) bond motifs is 10. The predicted octanol–water partition coefficient (Wildman–Crippen LogP) is 9.51. The van der Waals surface area contributed by atoms with E-state index in [-0.39, 0.29) is 16.7 Å². The molecule has 8 fully saturated rings. The second kappa shape index (κ2) is 17.8. The fraction of sp³-hybridized carbons (Fsp3) is 0.846. The van der Waals surface area contributed by atoms with Gasteiger partial charge in [0, 0.05) is 50.8 Å². The highest BCUT2D eigenvalue weighted by Gasteiger charge is 2.64. The lowest BCUT2D eigenvalue weighted by Gasteiger charge is -2.62. The number of imidazole rings is 2. The number of ketones is 2. The van der Waals surface area contributed by atoms with Crippen LogP contribution in [0.4, 0.5) is 0 Å². The Balaban J connectivity index is 0.000000155. The van der Waals surface area contributed by atoms with E-state index in [0.29, 0.717) is 65.8 Å². The highest BCUT2D eigenvalue weighted by Crippen LogP contribution is 2.70. The summed E-state index contributed by atoms with van der Waals surface area (Å²) in [5.74, 6) is 7.08. The van der Waals surface area contributed by atoms with Gasteiger partial charge >= 0.3 is 0 Å². The minimum Gasteiger partial charge on any atom is -0.387 e. The van der Waals surface area contributed by atoms with Crippen molar-refractivity contribution in [2.45, 2.75) is 168 Å². The second-order valence-electron chi connectivity index (χ2n) is 23.5. The van der Waals surface area contributed by atoms with Crippen molar-refractivity contribution in [2.24, 2.45) is 80.8 Å². The summed E-state index contributed by atoms with van der Waals surface area (Å²) in [5, 5.41) is 22.0. The van der Waals surface area contributed by atoms with Crippen LogP contribution in [-0.4, -0.2) is 79.9 Å². The molecular weight excluding hydrogens is 777 g/mol. The van der Waals surface area contributed by atoms with Gasteiger partial charge in [-0.05, 0) is 192 Å². The molecule has 2 aromatic heterocycles. The van der Waals surface area contributed by atoms with Crippen LogP contribution in [0.5, 0.6) is 0 Å². The van der Waals surface area contributed by atoms with Crippen molar-refractivity contribution in [1.29, 1.82) is 0 Å². The number of carbonyl (C=O) groups excluding carboxylic acids is 2. The maximum atomic E-state index is 13.3.